The maximum Gasteiger partial charge on any atom is 0.306 e. The number of esters is 1. The second-order valence-electron chi connectivity index (χ2n) is 3.45. The zero-order valence-corrected chi connectivity index (χ0v) is 11.4. The van der Waals surface area contributed by atoms with Gasteiger partial charge in [-0.1, -0.05) is 0 Å². The fourth-order valence-electron chi connectivity index (χ4n) is 1.27. The molecule has 1 amide bonds. The van der Waals surface area contributed by atoms with Gasteiger partial charge in [-0.05, 0) is 20.8 Å². The molecule has 0 saturated heterocycles. The summed E-state index contributed by atoms with van der Waals surface area (Å²) >= 11 is 0. The van der Waals surface area contributed by atoms with Crippen molar-refractivity contribution in [3.05, 3.63) is 0 Å². The van der Waals surface area contributed by atoms with Crippen molar-refractivity contribution in [1.29, 1.82) is 0 Å². The standard InChI is InChI=1S/C12H23NO5/c1-4-16-11(15)8-7-10(14)13-9-12(17-5-2)18-6-3/h12H,4-9H2,1-3H3,(H,13,14). The van der Waals surface area contributed by atoms with Crippen LogP contribution in [-0.4, -0.2) is 44.5 Å². The van der Waals surface area contributed by atoms with Gasteiger partial charge in [0.05, 0.1) is 19.6 Å². The monoisotopic (exact) mass is 261 g/mol. The van der Waals surface area contributed by atoms with E-state index in [2.05, 4.69) is 5.32 Å². The quantitative estimate of drug-likeness (QED) is 0.466. The molecular formula is C12H23NO5. The molecule has 0 radical (unpaired) electrons. The molecule has 0 unspecified atom stereocenters. The van der Waals surface area contributed by atoms with Crippen molar-refractivity contribution in [3.8, 4) is 0 Å². The Balaban J connectivity index is 3.76. The Labute approximate surface area is 108 Å². The second kappa shape index (κ2) is 11.0. The van der Waals surface area contributed by atoms with Gasteiger partial charge in [-0.15, -0.1) is 0 Å². The van der Waals surface area contributed by atoms with E-state index in [1.807, 2.05) is 13.8 Å². The van der Waals surface area contributed by atoms with Crippen LogP contribution in [0.5, 0.6) is 0 Å². The van der Waals surface area contributed by atoms with Gasteiger partial charge in [0.15, 0.2) is 6.29 Å². The lowest BCUT2D eigenvalue weighted by molar-refractivity contribution is -0.145. The Morgan fingerprint density at radius 3 is 2.11 bits per heavy atom. The summed E-state index contributed by atoms with van der Waals surface area (Å²) < 4.78 is 15.3. The minimum absolute atomic E-state index is 0.0909. The first-order valence-electron chi connectivity index (χ1n) is 6.29. The topological polar surface area (TPSA) is 73.9 Å². The molecule has 0 spiro atoms. The number of carbonyl (C=O) groups excluding carboxylic acids is 2. The van der Waals surface area contributed by atoms with E-state index in [0.717, 1.165) is 0 Å². The van der Waals surface area contributed by atoms with Crippen molar-refractivity contribution >= 4 is 11.9 Å². The Morgan fingerprint density at radius 2 is 1.61 bits per heavy atom. The highest BCUT2D eigenvalue weighted by molar-refractivity contribution is 5.81. The number of hydrogen-bond acceptors (Lipinski definition) is 5. The van der Waals surface area contributed by atoms with Crippen LogP contribution in [0.1, 0.15) is 33.6 Å². The van der Waals surface area contributed by atoms with Crippen LogP contribution >= 0.6 is 0 Å². The predicted octanol–water partition coefficient (Wildman–Crippen LogP) is 0.845. The highest BCUT2D eigenvalue weighted by Crippen LogP contribution is 1.96. The summed E-state index contributed by atoms with van der Waals surface area (Å²) in [5.41, 5.74) is 0. The van der Waals surface area contributed by atoms with Gasteiger partial charge in [0, 0.05) is 19.6 Å². The zero-order valence-electron chi connectivity index (χ0n) is 11.4. The molecule has 0 heterocycles. The van der Waals surface area contributed by atoms with Crippen molar-refractivity contribution in [2.75, 3.05) is 26.4 Å². The van der Waals surface area contributed by atoms with Crippen molar-refractivity contribution in [1.82, 2.24) is 5.32 Å². The highest BCUT2D eigenvalue weighted by Gasteiger charge is 2.11. The first kappa shape index (κ1) is 16.9. The molecule has 6 nitrogen and oxygen atoms in total. The predicted molar refractivity (Wildman–Crippen MR) is 65.9 cm³/mol. The first-order valence-corrected chi connectivity index (χ1v) is 6.29. The minimum atomic E-state index is -0.438. The van der Waals surface area contributed by atoms with Gasteiger partial charge >= 0.3 is 5.97 Å². The molecule has 0 atom stereocenters. The van der Waals surface area contributed by atoms with Gasteiger partial charge in [-0.3, -0.25) is 9.59 Å². The average Bonchev–Trinajstić information content (AvgIpc) is 2.34. The summed E-state index contributed by atoms with van der Waals surface area (Å²) in [6.45, 7) is 7.09. The summed E-state index contributed by atoms with van der Waals surface area (Å²) in [5.74, 6) is -0.578. The third-order valence-corrected chi connectivity index (χ3v) is 2.03. The second-order valence-corrected chi connectivity index (χ2v) is 3.45. The summed E-state index contributed by atoms with van der Waals surface area (Å²) in [6.07, 6.45) is -0.233. The van der Waals surface area contributed by atoms with Crippen molar-refractivity contribution in [2.45, 2.75) is 39.9 Å². The Kier molecular flexibility index (Phi) is 10.3. The van der Waals surface area contributed by atoms with Gasteiger partial charge in [-0.25, -0.2) is 0 Å². The minimum Gasteiger partial charge on any atom is -0.466 e. The van der Waals surface area contributed by atoms with Gasteiger partial charge in [0.1, 0.15) is 0 Å². The molecule has 0 aromatic heterocycles. The molecule has 0 aromatic carbocycles. The molecular weight excluding hydrogens is 238 g/mol. The van der Waals surface area contributed by atoms with Crippen molar-refractivity contribution in [2.24, 2.45) is 0 Å². The lowest BCUT2D eigenvalue weighted by atomic mass is 10.3. The average molecular weight is 261 g/mol. The zero-order chi connectivity index (χ0) is 13.8. The molecule has 1 N–H and O–H groups in total. The van der Waals surface area contributed by atoms with E-state index >= 15 is 0 Å². The highest BCUT2D eigenvalue weighted by atomic mass is 16.7. The number of hydrogen-bond donors (Lipinski definition) is 1. The van der Waals surface area contributed by atoms with Gasteiger partial charge in [0.25, 0.3) is 0 Å². The van der Waals surface area contributed by atoms with Crippen LogP contribution in [-0.2, 0) is 23.8 Å². The number of rotatable bonds is 10. The van der Waals surface area contributed by atoms with E-state index in [1.54, 1.807) is 6.92 Å². The smallest absolute Gasteiger partial charge is 0.306 e. The van der Waals surface area contributed by atoms with E-state index in [1.165, 1.54) is 0 Å². The Morgan fingerprint density at radius 1 is 1.00 bits per heavy atom. The molecule has 0 fully saturated rings. The molecule has 6 heteroatoms. The Bertz CT molecular complexity index is 239. The van der Waals surface area contributed by atoms with Gasteiger partial charge < -0.3 is 19.5 Å². The SMILES string of the molecule is CCOC(=O)CCC(=O)NCC(OCC)OCC. The fraction of sp³-hybridized carbons (Fsp3) is 0.833. The molecule has 18 heavy (non-hydrogen) atoms. The number of carbonyl (C=O) groups is 2. The molecule has 0 saturated carbocycles. The van der Waals surface area contributed by atoms with E-state index < -0.39 is 6.29 Å². The van der Waals surface area contributed by atoms with Crippen LogP contribution in [0.2, 0.25) is 0 Å². The lowest BCUT2D eigenvalue weighted by Crippen LogP contribution is -2.35. The van der Waals surface area contributed by atoms with E-state index in [-0.39, 0.29) is 31.3 Å². The Hall–Kier alpha value is -1.14. The molecule has 0 aromatic rings. The van der Waals surface area contributed by atoms with E-state index in [0.29, 0.717) is 19.8 Å². The summed E-state index contributed by atoms with van der Waals surface area (Å²) in [4.78, 5) is 22.5. The first-order chi connectivity index (χ1) is 8.63. The van der Waals surface area contributed by atoms with Gasteiger partial charge in [0.2, 0.25) is 5.91 Å². The maximum absolute atomic E-state index is 11.4. The third kappa shape index (κ3) is 8.95. The molecule has 0 rings (SSSR count). The summed E-state index contributed by atoms with van der Waals surface area (Å²) in [6, 6.07) is 0. The van der Waals surface area contributed by atoms with Crippen molar-refractivity contribution < 1.29 is 23.8 Å². The largest absolute Gasteiger partial charge is 0.466 e. The van der Waals surface area contributed by atoms with Crippen LogP contribution < -0.4 is 5.32 Å². The summed E-state index contributed by atoms with van der Waals surface area (Å²) in [7, 11) is 0. The van der Waals surface area contributed by atoms with Crippen LogP contribution in [0.25, 0.3) is 0 Å². The van der Waals surface area contributed by atoms with Crippen LogP contribution in [0.3, 0.4) is 0 Å². The summed E-state index contributed by atoms with van der Waals surface area (Å²) in [5, 5.41) is 2.65. The number of ether oxygens (including phenoxy) is 3. The van der Waals surface area contributed by atoms with E-state index in [4.69, 9.17) is 14.2 Å². The lowest BCUT2D eigenvalue weighted by Gasteiger charge is -2.17. The maximum atomic E-state index is 11.4. The van der Waals surface area contributed by atoms with Crippen molar-refractivity contribution in [3.63, 3.8) is 0 Å². The molecule has 0 aliphatic heterocycles. The van der Waals surface area contributed by atoms with Crippen LogP contribution in [0.4, 0.5) is 0 Å². The number of amides is 1. The van der Waals surface area contributed by atoms with Crippen LogP contribution in [0, 0.1) is 0 Å². The molecule has 0 bridgehead atoms. The van der Waals surface area contributed by atoms with Crippen LogP contribution in [0.15, 0.2) is 0 Å². The normalized spacial score (nSPS) is 10.4. The van der Waals surface area contributed by atoms with E-state index in [9.17, 15) is 9.59 Å². The molecule has 0 aliphatic rings. The molecule has 0 aliphatic carbocycles. The van der Waals surface area contributed by atoms with Gasteiger partial charge in [-0.2, -0.15) is 0 Å². The number of nitrogens with one attached hydrogen (secondary N) is 1. The molecule has 106 valence electrons. The third-order valence-electron chi connectivity index (χ3n) is 2.03. The fourth-order valence-corrected chi connectivity index (χ4v) is 1.27.